The molecule has 0 radical (unpaired) electrons. The van der Waals surface area contributed by atoms with E-state index in [1.807, 2.05) is 6.92 Å². The minimum Gasteiger partial charge on any atom is -0.392 e. The zero-order valence-electron chi connectivity index (χ0n) is 6.06. The van der Waals surface area contributed by atoms with Crippen molar-refractivity contribution < 1.29 is 9.50 Å². The van der Waals surface area contributed by atoms with Crippen molar-refractivity contribution in [2.75, 3.05) is 0 Å². The molecule has 11 heavy (non-hydrogen) atoms. The maximum Gasteiger partial charge on any atom is 0.129 e. The molecule has 0 fully saturated rings. The molecular weight excluding hydrogens is 258 g/mol. The van der Waals surface area contributed by atoms with Gasteiger partial charge in [-0.05, 0) is 47.2 Å². The molecule has 0 heterocycles. The Morgan fingerprint density at radius 1 is 1.55 bits per heavy atom. The van der Waals surface area contributed by atoms with Crippen LogP contribution in [-0.2, 0) is 6.61 Å². The van der Waals surface area contributed by atoms with Gasteiger partial charge >= 0.3 is 0 Å². The topological polar surface area (TPSA) is 20.2 Å². The zero-order valence-corrected chi connectivity index (χ0v) is 8.22. The summed E-state index contributed by atoms with van der Waals surface area (Å²) >= 11 is 2.06. The van der Waals surface area contributed by atoms with Crippen molar-refractivity contribution in [3.63, 3.8) is 0 Å². The first-order chi connectivity index (χ1) is 5.15. The van der Waals surface area contributed by atoms with Crippen molar-refractivity contribution in [1.82, 2.24) is 0 Å². The highest BCUT2D eigenvalue weighted by atomic mass is 127. The molecule has 60 valence electrons. The van der Waals surface area contributed by atoms with Gasteiger partial charge in [-0.25, -0.2) is 4.39 Å². The lowest BCUT2D eigenvalue weighted by atomic mass is 10.1. The Hall–Kier alpha value is -0.160. The van der Waals surface area contributed by atoms with E-state index in [0.717, 1.165) is 9.13 Å². The highest BCUT2D eigenvalue weighted by Gasteiger charge is 2.03. The molecule has 0 amide bonds. The molecule has 1 aromatic rings. The van der Waals surface area contributed by atoms with Gasteiger partial charge in [-0.2, -0.15) is 0 Å². The van der Waals surface area contributed by atoms with Gasteiger partial charge in [0.25, 0.3) is 0 Å². The number of hydrogen-bond acceptors (Lipinski definition) is 1. The van der Waals surface area contributed by atoms with Crippen molar-refractivity contribution in [2.24, 2.45) is 0 Å². The maximum atomic E-state index is 12.9. The molecule has 0 aliphatic carbocycles. The summed E-state index contributed by atoms with van der Waals surface area (Å²) in [6, 6.07) is 3.10. The number of halogens is 2. The average Bonchev–Trinajstić information content (AvgIpc) is 1.97. The zero-order chi connectivity index (χ0) is 8.43. The Kier molecular flexibility index (Phi) is 2.84. The lowest BCUT2D eigenvalue weighted by Gasteiger charge is -2.02. The van der Waals surface area contributed by atoms with E-state index >= 15 is 0 Å². The summed E-state index contributed by atoms with van der Waals surface area (Å²) in [7, 11) is 0. The van der Waals surface area contributed by atoms with Crippen molar-refractivity contribution in [3.05, 3.63) is 32.6 Å². The number of rotatable bonds is 1. The van der Waals surface area contributed by atoms with Crippen LogP contribution in [0.1, 0.15) is 11.1 Å². The first kappa shape index (κ1) is 8.93. The second-order valence-corrected chi connectivity index (χ2v) is 3.51. The Labute approximate surface area is 78.4 Å². The summed E-state index contributed by atoms with van der Waals surface area (Å²) in [6.45, 7) is 1.66. The van der Waals surface area contributed by atoms with Crippen molar-refractivity contribution >= 4 is 22.6 Å². The molecule has 0 spiro atoms. The molecule has 1 aromatic carbocycles. The van der Waals surface area contributed by atoms with Crippen molar-refractivity contribution in [3.8, 4) is 0 Å². The van der Waals surface area contributed by atoms with E-state index in [9.17, 15) is 4.39 Å². The Bertz CT molecular complexity index is 273. The number of hydrogen-bond donors (Lipinski definition) is 1. The van der Waals surface area contributed by atoms with Crippen LogP contribution >= 0.6 is 22.6 Å². The molecule has 1 rings (SSSR count). The predicted molar refractivity (Wildman–Crippen MR) is 49.8 cm³/mol. The van der Waals surface area contributed by atoms with Gasteiger partial charge in [-0.1, -0.05) is 0 Å². The van der Waals surface area contributed by atoms with Gasteiger partial charge in [0, 0.05) is 9.13 Å². The molecule has 0 atom stereocenters. The van der Waals surface area contributed by atoms with Gasteiger partial charge < -0.3 is 5.11 Å². The summed E-state index contributed by atoms with van der Waals surface area (Å²) in [6.07, 6.45) is 0. The Morgan fingerprint density at radius 3 is 2.73 bits per heavy atom. The molecule has 0 aliphatic heterocycles. The molecule has 1 N–H and O–H groups in total. The van der Waals surface area contributed by atoms with E-state index in [1.165, 1.54) is 6.07 Å². The van der Waals surface area contributed by atoms with Gasteiger partial charge in [0.2, 0.25) is 0 Å². The van der Waals surface area contributed by atoms with Crippen molar-refractivity contribution in [1.29, 1.82) is 0 Å². The number of aliphatic hydroxyl groups is 1. The lowest BCUT2D eigenvalue weighted by molar-refractivity contribution is 0.275. The third-order valence-electron chi connectivity index (χ3n) is 1.50. The summed E-state index contributed by atoms with van der Waals surface area (Å²) < 4.78 is 13.8. The van der Waals surface area contributed by atoms with Crippen LogP contribution < -0.4 is 0 Å². The van der Waals surface area contributed by atoms with E-state index < -0.39 is 0 Å². The molecular formula is C8H8FIO. The van der Waals surface area contributed by atoms with Crippen LogP contribution in [0, 0.1) is 16.3 Å². The monoisotopic (exact) mass is 266 g/mol. The molecule has 0 unspecified atom stereocenters. The SMILES string of the molecule is Cc1cc(CO)c(F)cc1I. The molecule has 0 aliphatic rings. The Morgan fingerprint density at radius 2 is 2.18 bits per heavy atom. The van der Waals surface area contributed by atoms with E-state index in [2.05, 4.69) is 22.6 Å². The third-order valence-corrected chi connectivity index (χ3v) is 2.66. The highest BCUT2D eigenvalue weighted by Crippen LogP contribution is 2.16. The number of aliphatic hydroxyl groups excluding tert-OH is 1. The molecule has 1 nitrogen and oxygen atoms in total. The lowest BCUT2D eigenvalue weighted by Crippen LogP contribution is -1.92. The molecule has 0 saturated heterocycles. The normalized spacial score (nSPS) is 10.2. The summed E-state index contributed by atoms with van der Waals surface area (Å²) in [5, 5.41) is 8.69. The largest absolute Gasteiger partial charge is 0.392 e. The second-order valence-electron chi connectivity index (χ2n) is 2.35. The fraction of sp³-hybridized carbons (Fsp3) is 0.250. The fourth-order valence-electron chi connectivity index (χ4n) is 0.838. The predicted octanol–water partition coefficient (Wildman–Crippen LogP) is 2.23. The summed E-state index contributed by atoms with van der Waals surface area (Å²) in [5.74, 6) is -0.331. The first-order valence-electron chi connectivity index (χ1n) is 3.20. The van der Waals surface area contributed by atoms with Gasteiger partial charge in [0.15, 0.2) is 0 Å². The average molecular weight is 266 g/mol. The first-order valence-corrected chi connectivity index (χ1v) is 4.28. The quantitative estimate of drug-likeness (QED) is 0.773. The van der Waals surface area contributed by atoms with Crippen LogP contribution in [0.2, 0.25) is 0 Å². The fourth-order valence-corrected chi connectivity index (χ4v) is 1.27. The van der Waals surface area contributed by atoms with E-state index in [-0.39, 0.29) is 12.4 Å². The summed E-state index contributed by atoms with van der Waals surface area (Å²) in [4.78, 5) is 0. The van der Waals surface area contributed by atoms with E-state index in [1.54, 1.807) is 6.07 Å². The minimum atomic E-state index is -0.331. The van der Waals surface area contributed by atoms with Crippen molar-refractivity contribution in [2.45, 2.75) is 13.5 Å². The Balaban J connectivity index is 3.21. The number of aryl methyl sites for hydroxylation is 1. The standard InChI is InChI=1S/C8H8FIO/c1-5-2-6(4-11)7(9)3-8(5)10/h2-3,11H,4H2,1H3. The van der Waals surface area contributed by atoms with Crippen LogP contribution in [-0.4, -0.2) is 5.11 Å². The van der Waals surface area contributed by atoms with Crippen LogP contribution in [0.4, 0.5) is 4.39 Å². The molecule has 3 heteroatoms. The van der Waals surface area contributed by atoms with Gasteiger partial charge in [-0.15, -0.1) is 0 Å². The summed E-state index contributed by atoms with van der Waals surface area (Å²) in [5.41, 5.74) is 1.36. The minimum absolute atomic E-state index is 0.233. The maximum absolute atomic E-state index is 12.9. The van der Waals surface area contributed by atoms with Gasteiger partial charge in [-0.3, -0.25) is 0 Å². The van der Waals surface area contributed by atoms with Crippen LogP contribution in [0.25, 0.3) is 0 Å². The van der Waals surface area contributed by atoms with Crippen LogP contribution in [0.5, 0.6) is 0 Å². The third kappa shape index (κ3) is 1.90. The number of benzene rings is 1. The van der Waals surface area contributed by atoms with Gasteiger partial charge in [0.05, 0.1) is 6.61 Å². The van der Waals surface area contributed by atoms with E-state index in [4.69, 9.17) is 5.11 Å². The molecule has 0 saturated carbocycles. The smallest absolute Gasteiger partial charge is 0.129 e. The van der Waals surface area contributed by atoms with Crippen LogP contribution in [0.3, 0.4) is 0 Å². The second kappa shape index (κ2) is 3.49. The van der Waals surface area contributed by atoms with Gasteiger partial charge in [0.1, 0.15) is 5.82 Å². The van der Waals surface area contributed by atoms with Crippen LogP contribution in [0.15, 0.2) is 12.1 Å². The molecule has 0 bridgehead atoms. The molecule has 0 aromatic heterocycles. The highest BCUT2D eigenvalue weighted by molar-refractivity contribution is 14.1. The van der Waals surface area contributed by atoms with E-state index in [0.29, 0.717) is 5.56 Å².